The fourth-order valence-electron chi connectivity index (χ4n) is 3.49. The van der Waals surface area contributed by atoms with Crippen LogP contribution in [-0.4, -0.2) is 4.98 Å². The molecule has 1 unspecified atom stereocenters. The van der Waals surface area contributed by atoms with E-state index in [-0.39, 0.29) is 11.6 Å². The largest absolute Gasteiger partial charge is 0.416 e. The maximum Gasteiger partial charge on any atom is 0.416 e. The number of hydrogen-bond acceptors (Lipinski definition) is 2. The van der Waals surface area contributed by atoms with Crippen molar-refractivity contribution in [3.63, 3.8) is 0 Å². The molecule has 3 aromatic rings. The molecule has 0 radical (unpaired) electrons. The average Bonchev–Trinajstić information content (AvgIpc) is 3.41. The molecule has 4 rings (SSSR count). The summed E-state index contributed by atoms with van der Waals surface area (Å²) in [7, 11) is 0. The second-order valence-electron chi connectivity index (χ2n) is 7.01. The van der Waals surface area contributed by atoms with Gasteiger partial charge in [-0.3, -0.25) is 4.98 Å². The molecule has 1 saturated carbocycles. The third-order valence-corrected chi connectivity index (χ3v) is 5.17. The molecule has 1 N–H and O–H groups in total. The number of aromatic nitrogens is 1. The molecule has 1 aliphatic rings. The van der Waals surface area contributed by atoms with E-state index in [1.807, 2.05) is 18.3 Å². The number of alkyl halides is 3. The van der Waals surface area contributed by atoms with Crippen LogP contribution in [0.2, 0.25) is 0 Å². The molecule has 134 valence electrons. The van der Waals surface area contributed by atoms with Gasteiger partial charge in [0.15, 0.2) is 0 Å². The van der Waals surface area contributed by atoms with Crippen LogP contribution in [0.1, 0.15) is 42.5 Å². The zero-order chi connectivity index (χ0) is 18.4. The lowest BCUT2D eigenvalue weighted by molar-refractivity contribution is -0.137. The summed E-state index contributed by atoms with van der Waals surface area (Å²) in [5.41, 5.74) is 1.24. The maximum absolute atomic E-state index is 12.8. The molecule has 0 aliphatic heterocycles. The quantitative estimate of drug-likeness (QED) is 0.659. The van der Waals surface area contributed by atoms with E-state index in [0.29, 0.717) is 0 Å². The highest BCUT2D eigenvalue weighted by Crippen LogP contribution is 2.47. The lowest BCUT2D eigenvalue weighted by Crippen LogP contribution is -2.31. The van der Waals surface area contributed by atoms with Crippen LogP contribution in [0.4, 0.5) is 13.2 Å². The summed E-state index contributed by atoms with van der Waals surface area (Å²) < 4.78 is 38.3. The molecule has 2 aromatic carbocycles. The highest BCUT2D eigenvalue weighted by Gasteiger charge is 2.45. The van der Waals surface area contributed by atoms with Gasteiger partial charge in [-0.2, -0.15) is 13.2 Å². The zero-order valence-electron chi connectivity index (χ0n) is 14.3. The first-order valence-corrected chi connectivity index (χ1v) is 8.67. The molecular weight excluding hydrogens is 337 g/mol. The lowest BCUT2D eigenvalue weighted by atomic mass is 9.99. The molecule has 26 heavy (non-hydrogen) atoms. The molecule has 1 heterocycles. The van der Waals surface area contributed by atoms with Crippen molar-refractivity contribution >= 4 is 10.8 Å². The van der Waals surface area contributed by atoms with Crippen LogP contribution >= 0.6 is 0 Å². The van der Waals surface area contributed by atoms with Crippen LogP contribution in [0.5, 0.6) is 0 Å². The Kier molecular flexibility index (Phi) is 3.99. The maximum atomic E-state index is 12.8. The number of rotatable bonds is 4. The van der Waals surface area contributed by atoms with E-state index >= 15 is 0 Å². The summed E-state index contributed by atoms with van der Waals surface area (Å²) in [5.74, 6) is 0. The summed E-state index contributed by atoms with van der Waals surface area (Å²) in [6, 6.07) is 13.9. The van der Waals surface area contributed by atoms with E-state index < -0.39 is 11.7 Å². The Labute approximate surface area is 150 Å². The van der Waals surface area contributed by atoms with Gasteiger partial charge in [-0.25, -0.2) is 0 Å². The van der Waals surface area contributed by atoms with Gasteiger partial charge < -0.3 is 5.32 Å². The molecule has 5 heteroatoms. The van der Waals surface area contributed by atoms with Crippen molar-refractivity contribution in [3.8, 4) is 0 Å². The first-order valence-electron chi connectivity index (χ1n) is 8.67. The van der Waals surface area contributed by atoms with Gasteiger partial charge in [0.2, 0.25) is 0 Å². The summed E-state index contributed by atoms with van der Waals surface area (Å²) in [6.07, 6.45) is 1.17. The van der Waals surface area contributed by atoms with Crippen molar-refractivity contribution in [2.75, 3.05) is 0 Å². The number of halogens is 3. The van der Waals surface area contributed by atoms with E-state index in [9.17, 15) is 13.2 Å². The molecule has 2 nitrogen and oxygen atoms in total. The fraction of sp³-hybridized carbons (Fsp3) is 0.286. The number of benzene rings is 2. The summed E-state index contributed by atoms with van der Waals surface area (Å²) >= 11 is 0. The smallest absolute Gasteiger partial charge is 0.301 e. The number of fused-ring (bicyclic) bond motifs is 1. The third kappa shape index (κ3) is 3.19. The predicted octanol–water partition coefficient (Wildman–Crippen LogP) is 5.59. The van der Waals surface area contributed by atoms with E-state index in [4.69, 9.17) is 0 Å². The number of nitrogens with zero attached hydrogens (tertiary/aromatic N) is 1. The van der Waals surface area contributed by atoms with Gasteiger partial charge in [-0.05, 0) is 60.5 Å². The Morgan fingerprint density at radius 3 is 2.38 bits per heavy atom. The Morgan fingerprint density at radius 1 is 1.00 bits per heavy atom. The van der Waals surface area contributed by atoms with Crippen LogP contribution in [0.3, 0.4) is 0 Å². The number of nitrogens with one attached hydrogen (secondary N) is 1. The van der Waals surface area contributed by atoms with Crippen molar-refractivity contribution < 1.29 is 13.2 Å². The van der Waals surface area contributed by atoms with Gasteiger partial charge in [0.1, 0.15) is 0 Å². The Morgan fingerprint density at radius 2 is 1.73 bits per heavy atom. The van der Waals surface area contributed by atoms with Crippen LogP contribution in [0.25, 0.3) is 10.8 Å². The predicted molar refractivity (Wildman–Crippen MR) is 95.6 cm³/mol. The Hall–Kier alpha value is -2.40. The highest BCUT2D eigenvalue weighted by atomic mass is 19.4. The Balaban J connectivity index is 1.55. The number of hydrogen-bond donors (Lipinski definition) is 1. The minimum atomic E-state index is -4.30. The van der Waals surface area contributed by atoms with Gasteiger partial charge in [0, 0.05) is 29.4 Å². The molecule has 0 bridgehead atoms. The monoisotopic (exact) mass is 356 g/mol. The molecular formula is C21H19F3N2. The summed E-state index contributed by atoms with van der Waals surface area (Å²) in [4.78, 5) is 4.13. The van der Waals surface area contributed by atoms with E-state index in [1.165, 1.54) is 12.1 Å². The second kappa shape index (κ2) is 6.09. The molecule has 0 spiro atoms. The molecule has 1 fully saturated rings. The van der Waals surface area contributed by atoms with Crippen LogP contribution < -0.4 is 5.32 Å². The summed E-state index contributed by atoms with van der Waals surface area (Å²) in [5, 5.41) is 5.85. The lowest BCUT2D eigenvalue weighted by Gasteiger charge is -2.24. The highest BCUT2D eigenvalue weighted by molar-refractivity contribution is 5.82. The first-order chi connectivity index (χ1) is 12.4. The van der Waals surface area contributed by atoms with Gasteiger partial charge in [-0.15, -0.1) is 0 Å². The van der Waals surface area contributed by atoms with E-state index in [1.54, 1.807) is 18.3 Å². The van der Waals surface area contributed by atoms with Crippen LogP contribution in [-0.2, 0) is 11.7 Å². The molecule has 1 aliphatic carbocycles. The Bertz CT molecular complexity index is 928. The van der Waals surface area contributed by atoms with Crippen LogP contribution in [0.15, 0.2) is 60.9 Å². The topological polar surface area (TPSA) is 24.9 Å². The average molecular weight is 356 g/mol. The SMILES string of the molecule is CC(NC1(c2ccc(C(F)(F)F)cc2)CC1)c1ccc2cnccc2c1. The van der Waals surface area contributed by atoms with E-state index in [2.05, 4.69) is 29.4 Å². The van der Waals surface area contributed by atoms with Gasteiger partial charge in [-0.1, -0.05) is 24.3 Å². The second-order valence-corrected chi connectivity index (χ2v) is 7.01. The summed E-state index contributed by atoms with van der Waals surface area (Å²) in [6.45, 7) is 2.09. The molecule has 1 atom stereocenters. The van der Waals surface area contributed by atoms with Crippen molar-refractivity contribution in [3.05, 3.63) is 77.6 Å². The van der Waals surface area contributed by atoms with Crippen LogP contribution in [0, 0.1) is 0 Å². The third-order valence-electron chi connectivity index (χ3n) is 5.17. The van der Waals surface area contributed by atoms with Gasteiger partial charge in [0.05, 0.1) is 5.56 Å². The molecule has 0 saturated heterocycles. The molecule has 0 amide bonds. The van der Waals surface area contributed by atoms with Gasteiger partial charge in [0.25, 0.3) is 0 Å². The first kappa shape index (κ1) is 17.0. The van der Waals surface area contributed by atoms with Crippen molar-refractivity contribution in [1.82, 2.24) is 10.3 Å². The van der Waals surface area contributed by atoms with E-state index in [0.717, 1.165) is 34.7 Å². The normalized spacial score (nSPS) is 17.2. The minimum absolute atomic E-state index is 0.0948. The number of pyridine rings is 1. The van der Waals surface area contributed by atoms with Crippen molar-refractivity contribution in [2.45, 2.75) is 37.5 Å². The van der Waals surface area contributed by atoms with Crippen molar-refractivity contribution in [2.24, 2.45) is 0 Å². The standard InChI is InChI=1S/C21H19F3N2/c1-14(15-2-3-17-13-25-11-8-16(17)12-15)26-20(9-10-20)18-4-6-19(7-5-18)21(22,23)24/h2-8,11-14,26H,9-10H2,1H3. The van der Waals surface area contributed by atoms with Crippen molar-refractivity contribution in [1.29, 1.82) is 0 Å². The van der Waals surface area contributed by atoms with Gasteiger partial charge >= 0.3 is 6.18 Å². The minimum Gasteiger partial charge on any atom is -0.301 e. The fourth-order valence-corrected chi connectivity index (χ4v) is 3.49. The molecule has 1 aromatic heterocycles. The zero-order valence-corrected chi connectivity index (χ0v) is 14.3.